The summed E-state index contributed by atoms with van der Waals surface area (Å²) in [6.45, 7) is -0.0741. The van der Waals surface area contributed by atoms with Crippen LogP contribution in [-0.2, 0) is 19.6 Å². The highest BCUT2D eigenvalue weighted by Gasteiger charge is 2.37. The number of amides is 1. The van der Waals surface area contributed by atoms with Gasteiger partial charge >= 0.3 is 5.97 Å². The molecule has 2 heterocycles. The van der Waals surface area contributed by atoms with Crippen molar-refractivity contribution in [1.82, 2.24) is 4.98 Å². The van der Waals surface area contributed by atoms with E-state index in [4.69, 9.17) is 5.14 Å². The molecule has 1 fully saturated rings. The smallest absolute Gasteiger partial charge is 0.338 e. The molecule has 0 bridgehead atoms. The van der Waals surface area contributed by atoms with E-state index < -0.39 is 27.1 Å². The molecule has 20 heavy (non-hydrogen) atoms. The fourth-order valence-corrected chi connectivity index (χ4v) is 2.66. The molecule has 0 spiro atoms. The molecule has 0 aliphatic carbocycles. The van der Waals surface area contributed by atoms with Gasteiger partial charge < -0.3 is 4.74 Å². The summed E-state index contributed by atoms with van der Waals surface area (Å²) >= 11 is 0. The van der Waals surface area contributed by atoms with Crippen LogP contribution in [-0.4, -0.2) is 44.2 Å². The Balaban J connectivity index is 2.29. The molecule has 1 unspecified atom stereocenters. The summed E-state index contributed by atoms with van der Waals surface area (Å²) in [5.41, 5.74) is 0.226. The number of nitrogens with two attached hydrogens (primary N) is 1. The van der Waals surface area contributed by atoms with Crippen LogP contribution < -0.4 is 10.0 Å². The van der Waals surface area contributed by atoms with E-state index in [1.807, 2.05) is 0 Å². The molecule has 108 valence electrons. The average molecular weight is 299 g/mol. The first kappa shape index (κ1) is 14.4. The van der Waals surface area contributed by atoms with Crippen LogP contribution in [0.3, 0.4) is 0 Å². The molecule has 0 saturated carbocycles. The number of carbonyl (C=O) groups excluding carboxylic acids is 2. The Morgan fingerprint density at radius 3 is 2.80 bits per heavy atom. The zero-order valence-electron chi connectivity index (χ0n) is 10.6. The normalized spacial score (nSPS) is 19.2. The van der Waals surface area contributed by atoms with Crippen molar-refractivity contribution in [2.75, 3.05) is 18.6 Å². The maximum atomic E-state index is 11.8. The van der Waals surface area contributed by atoms with Crippen LogP contribution >= 0.6 is 0 Å². The molecule has 0 aromatic carbocycles. The number of methoxy groups -OCH3 is 1. The standard InChI is InChI=1S/C11H13N3O5S/c1-19-11(16)7-2-3-13-9(4-7)14-6-8(5-10(14)15)20(12,17)18/h2-4,8H,5-6H2,1H3,(H2,12,17,18). The summed E-state index contributed by atoms with van der Waals surface area (Å²) in [6.07, 6.45) is 1.15. The Bertz CT molecular complexity index is 658. The fraction of sp³-hybridized carbons (Fsp3) is 0.364. The predicted molar refractivity (Wildman–Crippen MR) is 69.4 cm³/mol. The number of sulfonamides is 1. The average Bonchev–Trinajstić information content (AvgIpc) is 2.80. The largest absolute Gasteiger partial charge is 0.465 e. The maximum Gasteiger partial charge on any atom is 0.338 e. The van der Waals surface area contributed by atoms with E-state index in [0.717, 1.165) is 0 Å². The van der Waals surface area contributed by atoms with E-state index in [0.29, 0.717) is 0 Å². The number of ether oxygens (including phenoxy) is 1. The van der Waals surface area contributed by atoms with E-state index in [-0.39, 0.29) is 24.3 Å². The minimum atomic E-state index is -3.79. The SMILES string of the molecule is COC(=O)c1ccnc(N2CC(S(N)(=O)=O)CC2=O)c1. The second kappa shape index (κ2) is 5.17. The molecule has 1 saturated heterocycles. The van der Waals surface area contributed by atoms with Crippen molar-refractivity contribution in [2.24, 2.45) is 5.14 Å². The van der Waals surface area contributed by atoms with Crippen LogP contribution in [0.1, 0.15) is 16.8 Å². The predicted octanol–water partition coefficient (Wildman–Crippen LogP) is -0.738. The highest BCUT2D eigenvalue weighted by atomic mass is 32.2. The summed E-state index contributed by atoms with van der Waals surface area (Å²) in [5.74, 6) is -0.772. The molecule has 1 atom stereocenters. The number of nitrogens with zero attached hydrogens (tertiary/aromatic N) is 2. The van der Waals surface area contributed by atoms with Crippen molar-refractivity contribution in [2.45, 2.75) is 11.7 Å². The molecule has 9 heteroatoms. The van der Waals surface area contributed by atoms with Gasteiger partial charge in [0.05, 0.1) is 12.7 Å². The van der Waals surface area contributed by atoms with Crippen molar-refractivity contribution in [1.29, 1.82) is 0 Å². The molecule has 1 aliphatic heterocycles. The van der Waals surface area contributed by atoms with Gasteiger partial charge in [-0.15, -0.1) is 0 Å². The van der Waals surface area contributed by atoms with Gasteiger partial charge in [-0.3, -0.25) is 9.69 Å². The van der Waals surface area contributed by atoms with Gasteiger partial charge in [0.1, 0.15) is 11.1 Å². The van der Waals surface area contributed by atoms with Crippen LogP contribution in [0.15, 0.2) is 18.3 Å². The van der Waals surface area contributed by atoms with Crippen LogP contribution in [0, 0.1) is 0 Å². The summed E-state index contributed by atoms with van der Waals surface area (Å²) in [7, 11) is -2.55. The number of anilines is 1. The first-order chi connectivity index (χ1) is 9.32. The van der Waals surface area contributed by atoms with Crippen molar-refractivity contribution in [3.05, 3.63) is 23.9 Å². The minimum absolute atomic E-state index is 0.0741. The summed E-state index contributed by atoms with van der Waals surface area (Å²) in [4.78, 5) is 28.4. The van der Waals surface area contributed by atoms with Gasteiger partial charge in [0.15, 0.2) is 0 Å². The van der Waals surface area contributed by atoms with Gasteiger partial charge in [-0.2, -0.15) is 0 Å². The molecule has 1 aromatic rings. The molecule has 8 nitrogen and oxygen atoms in total. The van der Waals surface area contributed by atoms with Crippen LogP contribution in [0.5, 0.6) is 0 Å². The number of aromatic nitrogens is 1. The lowest BCUT2D eigenvalue weighted by molar-refractivity contribution is -0.117. The molecule has 1 amide bonds. The Morgan fingerprint density at radius 1 is 1.55 bits per heavy atom. The van der Waals surface area contributed by atoms with Gasteiger partial charge in [0, 0.05) is 19.2 Å². The van der Waals surface area contributed by atoms with Crippen molar-refractivity contribution < 1.29 is 22.7 Å². The van der Waals surface area contributed by atoms with Gasteiger partial charge in [0.2, 0.25) is 15.9 Å². The first-order valence-corrected chi connectivity index (χ1v) is 7.30. The van der Waals surface area contributed by atoms with Crippen molar-refractivity contribution in [3.63, 3.8) is 0 Å². The fourth-order valence-electron chi connectivity index (χ4n) is 1.93. The highest BCUT2D eigenvalue weighted by Crippen LogP contribution is 2.23. The second-order valence-electron chi connectivity index (χ2n) is 4.31. The molecule has 1 aromatic heterocycles. The number of hydrogen-bond donors (Lipinski definition) is 1. The Hall–Kier alpha value is -2.00. The molecule has 2 N–H and O–H groups in total. The Labute approximate surface area is 115 Å². The lowest BCUT2D eigenvalue weighted by Gasteiger charge is -2.15. The minimum Gasteiger partial charge on any atom is -0.465 e. The van der Waals surface area contributed by atoms with Crippen molar-refractivity contribution >= 4 is 27.7 Å². The van der Waals surface area contributed by atoms with E-state index in [9.17, 15) is 18.0 Å². The number of hydrogen-bond acceptors (Lipinski definition) is 6. The monoisotopic (exact) mass is 299 g/mol. The van der Waals surface area contributed by atoms with Crippen LogP contribution in [0.25, 0.3) is 0 Å². The third-order valence-electron chi connectivity index (χ3n) is 3.00. The van der Waals surface area contributed by atoms with E-state index in [2.05, 4.69) is 9.72 Å². The molecular weight excluding hydrogens is 286 g/mol. The second-order valence-corrected chi connectivity index (χ2v) is 6.16. The van der Waals surface area contributed by atoms with E-state index in [1.54, 1.807) is 0 Å². The summed E-state index contributed by atoms with van der Waals surface area (Å²) in [5, 5.41) is 4.08. The van der Waals surface area contributed by atoms with Crippen LogP contribution in [0.4, 0.5) is 5.82 Å². The van der Waals surface area contributed by atoms with Gasteiger partial charge in [-0.25, -0.2) is 23.3 Å². The third kappa shape index (κ3) is 2.78. The number of primary sulfonamides is 1. The van der Waals surface area contributed by atoms with Gasteiger partial charge in [-0.1, -0.05) is 0 Å². The number of carbonyl (C=O) groups is 2. The third-order valence-corrected chi connectivity index (χ3v) is 4.24. The molecular formula is C11H13N3O5S. The Kier molecular flexibility index (Phi) is 3.73. The van der Waals surface area contributed by atoms with E-state index >= 15 is 0 Å². The zero-order chi connectivity index (χ0) is 14.9. The summed E-state index contributed by atoms with van der Waals surface area (Å²) in [6, 6.07) is 2.81. The maximum absolute atomic E-state index is 11.8. The zero-order valence-corrected chi connectivity index (χ0v) is 11.5. The number of esters is 1. The topological polar surface area (TPSA) is 120 Å². The molecule has 2 rings (SSSR count). The van der Waals surface area contributed by atoms with Crippen molar-refractivity contribution in [3.8, 4) is 0 Å². The summed E-state index contributed by atoms with van der Waals surface area (Å²) < 4.78 is 27.1. The van der Waals surface area contributed by atoms with Gasteiger partial charge in [-0.05, 0) is 12.1 Å². The quantitative estimate of drug-likeness (QED) is 0.734. The lowest BCUT2D eigenvalue weighted by Crippen LogP contribution is -2.32. The first-order valence-electron chi connectivity index (χ1n) is 5.69. The van der Waals surface area contributed by atoms with Gasteiger partial charge in [0.25, 0.3) is 0 Å². The van der Waals surface area contributed by atoms with E-state index in [1.165, 1.54) is 30.3 Å². The molecule has 1 aliphatic rings. The lowest BCUT2D eigenvalue weighted by atomic mass is 10.2. The highest BCUT2D eigenvalue weighted by molar-refractivity contribution is 7.89. The van der Waals surface area contributed by atoms with Crippen LogP contribution in [0.2, 0.25) is 0 Å². The molecule has 0 radical (unpaired) electrons. The Morgan fingerprint density at radius 2 is 2.25 bits per heavy atom. The number of pyridine rings is 1. The number of rotatable bonds is 3.